The number of ether oxygens (including phenoxy) is 2. The second kappa shape index (κ2) is 5.45. The molecule has 0 spiro atoms. The summed E-state index contributed by atoms with van der Waals surface area (Å²) in [6.45, 7) is -0.207. The summed E-state index contributed by atoms with van der Waals surface area (Å²) in [6, 6.07) is 8.15. The smallest absolute Gasteiger partial charge is 0.338 e. The van der Waals surface area contributed by atoms with Crippen molar-refractivity contribution in [2.45, 2.75) is 24.6 Å². The Morgan fingerprint density at radius 1 is 1.22 bits per heavy atom. The minimum absolute atomic E-state index is 0.207. The number of aliphatic hydroxyl groups excluding tert-OH is 3. The fourth-order valence-corrected chi connectivity index (χ4v) is 1.67. The van der Waals surface area contributed by atoms with E-state index in [1.165, 1.54) is 0 Å². The van der Waals surface area contributed by atoms with Gasteiger partial charge in [0.05, 0.1) is 12.2 Å². The molecule has 1 fully saturated rings. The van der Waals surface area contributed by atoms with E-state index in [4.69, 9.17) is 9.47 Å². The van der Waals surface area contributed by atoms with E-state index in [9.17, 15) is 20.1 Å². The first-order valence-corrected chi connectivity index (χ1v) is 5.51. The van der Waals surface area contributed by atoms with E-state index >= 15 is 0 Å². The topological polar surface area (TPSA) is 96.2 Å². The van der Waals surface area contributed by atoms with Crippen molar-refractivity contribution in [2.75, 3.05) is 6.61 Å². The molecule has 1 unspecified atom stereocenters. The Hall–Kier alpha value is -1.47. The molecule has 98 valence electrons. The van der Waals surface area contributed by atoms with Crippen molar-refractivity contribution in [3.05, 3.63) is 35.9 Å². The third-order valence-corrected chi connectivity index (χ3v) is 2.70. The minimum Gasteiger partial charge on any atom is -0.450 e. The Morgan fingerprint density at radius 2 is 1.89 bits per heavy atom. The van der Waals surface area contributed by atoms with Crippen LogP contribution in [0.5, 0.6) is 0 Å². The second-order valence-electron chi connectivity index (χ2n) is 4.02. The van der Waals surface area contributed by atoms with E-state index in [1.54, 1.807) is 30.3 Å². The summed E-state index contributed by atoms with van der Waals surface area (Å²) in [5.41, 5.74) is 0.289. The average Bonchev–Trinajstić information content (AvgIpc) is 2.40. The van der Waals surface area contributed by atoms with Crippen LogP contribution in [0.25, 0.3) is 0 Å². The highest BCUT2D eigenvalue weighted by atomic mass is 16.7. The predicted octanol–water partition coefficient (Wildman–Crippen LogP) is -0.718. The fourth-order valence-electron chi connectivity index (χ4n) is 1.67. The van der Waals surface area contributed by atoms with Gasteiger partial charge in [0.25, 0.3) is 0 Å². The highest BCUT2D eigenvalue weighted by molar-refractivity contribution is 5.89. The molecule has 0 aromatic heterocycles. The van der Waals surface area contributed by atoms with Crippen LogP contribution in [0.4, 0.5) is 0 Å². The van der Waals surface area contributed by atoms with E-state index in [0.717, 1.165) is 0 Å². The summed E-state index contributed by atoms with van der Waals surface area (Å²) in [6.07, 6.45) is -5.32. The van der Waals surface area contributed by atoms with Gasteiger partial charge < -0.3 is 24.8 Å². The summed E-state index contributed by atoms with van der Waals surface area (Å²) >= 11 is 0. The van der Waals surface area contributed by atoms with Gasteiger partial charge in [-0.25, -0.2) is 4.79 Å². The molecule has 1 aliphatic heterocycles. The van der Waals surface area contributed by atoms with Crippen molar-refractivity contribution < 1.29 is 29.6 Å². The van der Waals surface area contributed by atoms with Gasteiger partial charge in [0, 0.05) is 0 Å². The van der Waals surface area contributed by atoms with Crippen molar-refractivity contribution in [1.29, 1.82) is 0 Å². The Balaban J connectivity index is 2.06. The summed E-state index contributed by atoms with van der Waals surface area (Å²) in [7, 11) is 0. The number of hydrogen-bond donors (Lipinski definition) is 3. The van der Waals surface area contributed by atoms with Crippen LogP contribution in [0.3, 0.4) is 0 Å². The van der Waals surface area contributed by atoms with Crippen LogP contribution in [0.15, 0.2) is 30.3 Å². The Bertz CT molecular complexity index is 406. The number of carbonyl (C=O) groups excluding carboxylic acids is 1. The number of aliphatic hydroxyl groups is 3. The van der Waals surface area contributed by atoms with Crippen molar-refractivity contribution in [1.82, 2.24) is 0 Å². The first-order valence-electron chi connectivity index (χ1n) is 5.51. The maximum absolute atomic E-state index is 11.7. The van der Waals surface area contributed by atoms with Gasteiger partial charge in [-0.2, -0.15) is 0 Å². The van der Waals surface area contributed by atoms with Gasteiger partial charge in [-0.1, -0.05) is 18.2 Å². The van der Waals surface area contributed by atoms with Gasteiger partial charge in [0.2, 0.25) is 0 Å². The Kier molecular flexibility index (Phi) is 3.93. The zero-order chi connectivity index (χ0) is 13.1. The van der Waals surface area contributed by atoms with Gasteiger partial charge in [-0.3, -0.25) is 0 Å². The number of hydrogen-bond acceptors (Lipinski definition) is 6. The van der Waals surface area contributed by atoms with Gasteiger partial charge >= 0.3 is 5.97 Å². The van der Waals surface area contributed by atoms with Crippen LogP contribution in [0.2, 0.25) is 0 Å². The Morgan fingerprint density at radius 3 is 2.56 bits per heavy atom. The molecule has 0 aliphatic carbocycles. The molecular formula is C12H14O6. The molecule has 0 saturated carbocycles. The lowest BCUT2D eigenvalue weighted by Gasteiger charge is -2.34. The maximum Gasteiger partial charge on any atom is 0.338 e. The largest absolute Gasteiger partial charge is 0.450 e. The molecule has 6 heteroatoms. The lowest BCUT2D eigenvalue weighted by molar-refractivity contribution is -0.251. The summed E-state index contributed by atoms with van der Waals surface area (Å²) in [4.78, 5) is 11.7. The fraction of sp³-hybridized carbons (Fsp3) is 0.417. The Labute approximate surface area is 103 Å². The SMILES string of the molecule is O=C(O[C@H]1C(O)OC[C@@H](O)[C@H]1O)c1ccccc1. The van der Waals surface area contributed by atoms with Gasteiger partial charge in [-0.05, 0) is 12.1 Å². The van der Waals surface area contributed by atoms with E-state index in [-0.39, 0.29) is 12.2 Å². The molecule has 1 aliphatic rings. The molecule has 18 heavy (non-hydrogen) atoms. The normalized spacial score (nSPS) is 31.9. The van der Waals surface area contributed by atoms with Crippen LogP contribution in [0, 0.1) is 0 Å². The summed E-state index contributed by atoms with van der Waals surface area (Å²) < 4.78 is 9.73. The van der Waals surface area contributed by atoms with Crippen LogP contribution < -0.4 is 0 Å². The van der Waals surface area contributed by atoms with Crippen LogP contribution in [-0.2, 0) is 9.47 Å². The highest BCUT2D eigenvalue weighted by Crippen LogP contribution is 2.18. The molecule has 3 N–H and O–H groups in total. The third-order valence-electron chi connectivity index (χ3n) is 2.70. The van der Waals surface area contributed by atoms with Crippen molar-refractivity contribution >= 4 is 5.97 Å². The molecule has 2 rings (SSSR count). The molecule has 1 aromatic rings. The van der Waals surface area contributed by atoms with E-state index in [2.05, 4.69) is 0 Å². The van der Waals surface area contributed by atoms with Gasteiger partial charge in [-0.15, -0.1) is 0 Å². The zero-order valence-electron chi connectivity index (χ0n) is 9.47. The minimum atomic E-state index is -1.45. The molecule has 1 heterocycles. The molecular weight excluding hydrogens is 240 g/mol. The van der Waals surface area contributed by atoms with Crippen LogP contribution >= 0.6 is 0 Å². The second-order valence-corrected chi connectivity index (χ2v) is 4.02. The standard InChI is InChI=1S/C12H14O6/c13-8-6-17-12(16)10(9(8)14)18-11(15)7-4-2-1-3-5-7/h1-5,8-10,12-14,16H,6H2/t8-,9-,10-,12?/m1/s1. The third kappa shape index (κ3) is 2.68. The monoisotopic (exact) mass is 254 g/mol. The predicted molar refractivity (Wildman–Crippen MR) is 59.6 cm³/mol. The van der Waals surface area contributed by atoms with Crippen molar-refractivity contribution in [2.24, 2.45) is 0 Å². The van der Waals surface area contributed by atoms with Crippen LogP contribution in [-0.4, -0.2) is 52.5 Å². The van der Waals surface area contributed by atoms with E-state index in [0.29, 0.717) is 0 Å². The first-order chi connectivity index (χ1) is 8.59. The molecule has 6 nitrogen and oxygen atoms in total. The summed E-state index contributed by atoms with van der Waals surface area (Å²) in [5, 5.41) is 28.5. The highest BCUT2D eigenvalue weighted by Gasteiger charge is 2.40. The van der Waals surface area contributed by atoms with Crippen molar-refractivity contribution in [3.63, 3.8) is 0 Å². The van der Waals surface area contributed by atoms with E-state index in [1.807, 2.05) is 0 Å². The number of benzene rings is 1. The van der Waals surface area contributed by atoms with Gasteiger partial charge in [0.15, 0.2) is 12.4 Å². The van der Waals surface area contributed by atoms with Gasteiger partial charge in [0.1, 0.15) is 12.2 Å². The molecule has 1 saturated heterocycles. The quantitative estimate of drug-likeness (QED) is 0.603. The van der Waals surface area contributed by atoms with E-state index < -0.39 is 30.6 Å². The lowest BCUT2D eigenvalue weighted by atomic mass is 10.1. The zero-order valence-corrected chi connectivity index (χ0v) is 9.47. The number of carbonyl (C=O) groups is 1. The molecule has 0 bridgehead atoms. The molecule has 0 amide bonds. The van der Waals surface area contributed by atoms with Crippen LogP contribution in [0.1, 0.15) is 10.4 Å². The number of esters is 1. The average molecular weight is 254 g/mol. The summed E-state index contributed by atoms with van der Waals surface area (Å²) in [5.74, 6) is -0.698. The molecule has 0 radical (unpaired) electrons. The maximum atomic E-state index is 11.7. The number of rotatable bonds is 2. The lowest BCUT2D eigenvalue weighted by Crippen LogP contribution is -2.54. The molecule has 1 aromatic carbocycles. The van der Waals surface area contributed by atoms with Crippen molar-refractivity contribution in [3.8, 4) is 0 Å². The first kappa shape index (κ1) is 13.0. The molecule has 4 atom stereocenters.